The van der Waals surface area contributed by atoms with Gasteiger partial charge in [0, 0.05) is 16.1 Å². The number of fused-ring (bicyclic) bond motifs is 2. The standard InChI is InChI=1S/C26H28F2O3.C24H24F2O3.C23H21ClO3.C2H6/c1-6-15-8-13-18(16-9-11-17(12-10-16)23(27)28)14-19(15)20-21(29)25(3,4)24(31)26(5,7-2)22(20)30;1-13-6-7-16(14-8-10-15(11-9-14)21(25)26)12-17(13)18-19(27)23(2,3)22(29)24(4,5)20(18)28;1-2-13-6-7-15(14-8-10-16(24)11-9-14)12-19(13)20-22(26)17-4-3-5-18(21(17)25)23(20)27;1-2/h8-14,23,29H,6-7H2,1-5H3;6-12,21,27H,1-5H3;6-12,17-18,26H,2-5H2,1H3;1-2H3. The summed E-state index contributed by atoms with van der Waals surface area (Å²) in [6.45, 7) is 22.9. The minimum absolute atomic E-state index is 0.0380. The van der Waals surface area contributed by atoms with Crippen LogP contribution in [-0.4, -0.2) is 50.0 Å². The second-order valence-electron chi connectivity index (χ2n) is 24.7. The minimum atomic E-state index is -2.54. The van der Waals surface area contributed by atoms with E-state index in [1.54, 1.807) is 85.7 Å². The van der Waals surface area contributed by atoms with Gasteiger partial charge in [0.05, 0.1) is 50.2 Å². The third-order valence-electron chi connectivity index (χ3n) is 18.1. The number of Topliss-reactive ketones (excluding diaryl/α,β-unsaturated/α-hetero) is 6. The van der Waals surface area contributed by atoms with Crippen LogP contribution < -0.4 is 0 Å². The lowest BCUT2D eigenvalue weighted by Crippen LogP contribution is -2.49. The van der Waals surface area contributed by atoms with E-state index in [0.717, 1.165) is 62.9 Å². The highest BCUT2D eigenvalue weighted by molar-refractivity contribution is 6.35. The number of aliphatic hydroxyl groups is 3. The number of halogens is 5. The van der Waals surface area contributed by atoms with Crippen LogP contribution in [0.1, 0.15) is 166 Å². The summed E-state index contributed by atoms with van der Waals surface area (Å²) < 4.78 is 51.5. The van der Waals surface area contributed by atoms with E-state index in [1.807, 2.05) is 107 Å². The van der Waals surface area contributed by atoms with E-state index in [4.69, 9.17) is 11.6 Å². The molecule has 2 bridgehead atoms. The second kappa shape index (κ2) is 27.0. The first-order valence-electron chi connectivity index (χ1n) is 30.4. The van der Waals surface area contributed by atoms with Crippen molar-refractivity contribution in [2.45, 2.75) is 141 Å². The average Bonchev–Trinajstić information content (AvgIpc) is 1.48. The highest BCUT2D eigenvalue weighted by Crippen LogP contribution is 2.50. The molecule has 0 aromatic heterocycles. The molecular formula is C75H79ClF4O9. The summed E-state index contributed by atoms with van der Waals surface area (Å²) in [6, 6.07) is 36.4. The summed E-state index contributed by atoms with van der Waals surface area (Å²) in [6.07, 6.45) is -1.37. The van der Waals surface area contributed by atoms with E-state index < -0.39 is 52.1 Å². The fourth-order valence-corrected chi connectivity index (χ4v) is 12.5. The highest BCUT2D eigenvalue weighted by Gasteiger charge is 2.56. The van der Waals surface area contributed by atoms with Gasteiger partial charge < -0.3 is 15.3 Å². The van der Waals surface area contributed by atoms with E-state index in [9.17, 15) is 61.6 Å². The topological polar surface area (TPSA) is 163 Å². The maximum Gasteiger partial charge on any atom is 0.263 e. The third kappa shape index (κ3) is 12.9. The van der Waals surface area contributed by atoms with Crippen LogP contribution in [0.2, 0.25) is 5.02 Å². The lowest BCUT2D eigenvalue weighted by molar-refractivity contribution is -0.145. The number of hydrogen-bond acceptors (Lipinski definition) is 9. The summed E-state index contributed by atoms with van der Waals surface area (Å²) in [5.74, 6) is -3.37. The van der Waals surface area contributed by atoms with Crippen LogP contribution in [0.25, 0.3) is 50.1 Å². The fourth-order valence-electron chi connectivity index (χ4n) is 12.4. The quantitative estimate of drug-likeness (QED) is 0.0846. The van der Waals surface area contributed by atoms with E-state index in [0.29, 0.717) is 53.0 Å². The van der Waals surface area contributed by atoms with E-state index in [-0.39, 0.29) is 68.5 Å². The third-order valence-corrected chi connectivity index (χ3v) is 18.4. The first-order valence-corrected chi connectivity index (χ1v) is 30.7. The van der Waals surface area contributed by atoms with Crippen molar-refractivity contribution in [1.82, 2.24) is 0 Å². The van der Waals surface area contributed by atoms with Gasteiger partial charge in [0.25, 0.3) is 12.9 Å². The summed E-state index contributed by atoms with van der Waals surface area (Å²) >= 11 is 5.99. The van der Waals surface area contributed by atoms with Gasteiger partial charge in [0.2, 0.25) is 0 Å². The van der Waals surface area contributed by atoms with Gasteiger partial charge in [-0.25, -0.2) is 17.6 Å². The zero-order valence-electron chi connectivity index (χ0n) is 52.9. The van der Waals surface area contributed by atoms with Gasteiger partial charge in [0.15, 0.2) is 34.7 Å². The molecule has 0 heterocycles. The first kappa shape index (κ1) is 68.5. The maximum absolute atomic E-state index is 13.5. The van der Waals surface area contributed by atoms with Crippen molar-refractivity contribution in [3.63, 3.8) is 0 Å². The monoisotopic (exact) mass is 1230 g/mol. The predicted molar refractivity (Wildman–Crippen MR) is 345 cm³/mol. The first-order chi connectivity index (χ1) is 41.9. The van der Waals surface area contributed by atoms with Gasteiger partial charge in [-0.15, -0.1) is 0 Å². The van der Waals surface area contributed by atoms with Crippen molar-refractivity contribution < 1.29 is 61.6 Å². The van der Waals surface area contributed by atoms with Crippen molar-refractivity contribution in [3.05, 3.63) is 194 Å². The molecule has 14 heteroatoms. The molecule has 0 amide bonds. The molecule has 0 spiro atoms. The van der Waals surface area contributed by atoms with Crippen LogP contribution in [0.4, 0.5) is 17.6 Å². The van der Waals surface area contributed by atoms with Gasteiger partial charge in [-0.3, -0.25) is 28.8 Å². The zero-order valence-corrected chi connectivity index (χ0v) is 53.6. The molecule has 0 radical (unpaired) electrons. The van der Waals surface area contributed by atoms with Crippen molar-refractivity contribution >= 4 is 63.0 Å². The zero-order chi connectivity index (χ0) is 66.0. The number of aliphatic hydroxyl groups excluding tert-OH is 3. The Kier molecular flexibility index (Phi) is 20.7. The predicted octanol–water partition coefficient (Wildman–Crippen LogP) is 19.2. The molecule has 4 aliphatic carbocycles. The van der Waals surface area contributed by atoms with Crippen LogP contribution in [0.3, 0.4) is 0 Å². The molecule has 4 aliphatic rings. The van der Waals surface area contributed by atoms with E-state index >= 15 is 0 Å². The van der Waals surface area contributed by atoms with Gasteiger partial charge >= 0.3 is 0 Å². The largest absolute Gasteiger partial charge is 0.511 e. The van der Waals surface area contributed by atoms with Crippen LogP contribution >= 0.6 is 11.6 Å². The molecule has 10 rings (SSSR count). The molecule has 0 saturated heterocycles. The summed E-state index contributed by atoms with van der Waals surface area (Å²) in [4.78, 5) is 78.0. The van der Waals surface area contributed by atoms with Crippen LogP contribution in [0, 0.1) is 40.4 Å². The van der Waals surface area contributed by atoms with Gasteiger partial charge in [-0.2, -0.15) is 0 Å². The number of aryl methyl sites for hydroxylation is 3. The number of alkyl halides is 4. The Bertz CT molecular complexity index is 3850. The Hall–Kier alpha value is -8.03. The highest BCUT2D eigenvalue weighted by atomic mass is 35.5. The molecule has 6 aromatic rings. The SMILES string of the molecule is CC.CCc1ccc(-c2ccc(C(F)F)cc2)cc1C1=C(O)C(C)(C)C(=O)C(C)(CC)C1=O.CCc1ccc(-c2ccc(Cl)cc2)cc1C1=C(O)C2CCCC(C1=O)C2=O.Cc1ccc(-c2ccc(C(F)F)cc2)cc1C1=C(O)C(C)(C)C(=O)C(C)(C)C1=O. The van der Waals surface area contributed by atoms with Crippen molar-refractivity contribution in [2.75, 3.05) is 0 Å². The fraction of sp³-hybridized carbons (Fsp3) is 0.360. The lowest BCUT2D eigenvalue weighted by atomic mass is 9.60. The van der Waals surface area contributed by atoms with Crippen LogP contribution in [-0.2, 0) is 41.6 Å². The molecule has 0 aliphatic heterocycles. The smallest absolute Gasteiger partial charge is 0.263 e. The summed E-state index contributed by atoms with van der Waals surface area (Å²) in [7, 11) is 0. The van der Waals surface area contributed by atoms with Crippen molar-refractivity contribution in [1.29, 1.82) is 0 Å². The van der Waals surface area contributed by atoms with Gasteiger partial charge in [-0.1, -0.05) is 150 Å². The Balaban J connectivity index is 0.000000188. The molecule has 468 valence electrons. The van der Waals surface area contributed by atoms with Crippen molar-refractivity contribution in [3.8, 4) is 33.4 Å². The van der Waals surface area contributed by atoms with Gasteiger partial charge in [-0.05, 0) is 185 Å². The average molecular weight is 1240 g/mol. The number of ketones is 6. The molecular weight excluding hydrogens is 1160 g/mol. The second-order valence-corrected chi connectivity index (χ2v) is 25.2. The molecule has 3 unspecified atom stereocenters. The molecule has 3 N–H and O–H groups in total. The molecule has 9 nitrogen and oxygen atoms in total. The molecule has 1 fully saturated rings. The number of hydrogen-bond donors (Lipinski definition) is 3. The van der Waals surface area contributed by atoms with Crippen LogP contribution in [0.5, 0.6) is 0 Å². The molecule has 1 saturated carbocycles. The Morgan fingerprint density at radius 2 is 0.865 bits per heavy atom. The lowest BCUT2D eigenvalue weighted by Gasteiger charge is -2.40. The number of carbonyl (C=O) groups is 6. The number of carbonyl (C=O) groups excluding carboxylic acids is 6. The van der Waals surface area contributed by atoms with E-state index in [1.165, 1.54) is 24.3 Å². The molecule has 89 heavy (non-hydrogen) atoms. The Morgan fingerprint density at radius 1 is 0.483 bits per heavy atom. The Morgan fingerprint density at radius 3 is 1.30 bits per heavy atom. The maximum atomic E-state index is 13.5. The minimum Gasteiger partial charge on any atom is -0.511 e. The molecule has 6 aromatic carbocycles. The van der Waals surface area contributed by atoms with Crippen molar-refractivity contribution in [2.24, 2.45) is 33.5 Å². The number of allylic oxidation sites excluding steroid dienone is 6. The van der Waals surface area contributed by atoms with Crippen LogP contribution in [0.15, 0.2) is 145 Å². The Labute approximate surface area is 524 Å². The number of rotatable bonds is 11. The normalized spacial score (nSPS) is 20.2. The van der Waals surface area contributed by atoms with E-state index in [2.05, 4.69) is 0 Å². The molecule has 3 atom stereocenters. The van der Waals surface area contributed by atoms with Gasteiger partial charge in [0.1, 0.15) is 17.3 Å². The summed E-state index contributed by atoms with van der Waals surface area (Å²) in [5, 5.41) is 33.4. The number of benzene rings is 6. The summed E-state index contributed by atoms with van der Waals surface area (Å²) in [5.41, 5.74) is 5.06.